The van der Waals surface area contributed by atoms with Gasteiger partial charge >= 0.3 is 0 Å². The van der Waals surface area contributed by atoms with Crippen molar-refractivity contribution in [2.24, 2.45) is 0 Å². The molecule has 1 aliphatic rings. The van der Waals surface area contributed by atoms with Gasteiger partial charge in [-0.1, -0.05) is 11.8 Å². The summed E-state index contributed by atoms with van der Waals surface area (Å²) in [5, 5.41) is 7.25. The van der Waals surface area contributed by atoms with Crippen LogP contribution in [0.5, 0.6) is 0 Å². The maximum absolute atomic E-state index is 12.6. The lowest BCUT2D eigenvalue weighted by molar-refractivity contribution is -0.115. The number of thioether (sulfide) groups is 1. The third-order valence-electron chi connectivity index (χ3n) is 5.07. The summed E-state index contributed by atoms with van der Waals surface area (Å²) < 4.78 is 28.4. The van der Waals surface area contributed by atoms with Crippen molar-refractivity contribution in [3.63, 3.8) is 0 Å². The molecule has 0 bridgehead atoms. The number of anilines is 1. The Labute approximate surface area is 185 Å². The zero-order valence-electron chi connectivity index (χ0n) is 17.6. The van der Waals surface area contributed by atoms with Crippen LogP contribution < -0.4 is 5.32 Å². The highest BCUT2D eigenvalue weighted by molar-refractivity contribution is 8.00. The highest BCUT2D eigenvalue weighted by Crippen LogP contribution is 2.24. The molecule has 1 aromatic carbocycles. The molecule has 0 aliphatic carbocycles. The number of rotatable bonds is 6. The first kappa shape index (κ1) is 21.7. The second kappa shape index (κ2) is 8.56. The number of aromatic nitrogens is 4. The summed E-state index contributed by atoms with van der Waals surface area (Å²) in [4.78, 5) is 21.6. The van der Waals surface area contributed by atoms with Gasteiger partial charge in [0, 0.05) is 30.2 Å². The van der Waals surface area contributed by atoms with Crippen molar-refractivity contribution in [2.75, 3.05) is 18.4 Å². The average molecular weight is 461 g/mol. The number of nitrogens with one attached hydrogen (secondary N) is 1. The van der Waals surface area contributed by atoms with E-state index < -0.39 is 15.3 Å². The van der Waals surface area contributed by atoms with Gasteiger partial charge in [-0.2, -0.15) is 9.29 Å². The van der Waals surface area contributed by atoms with Gasteiger partial charge in [0.25, 0.3) is 5.78 Å². The monoisotopic (exact) mass is 460 g/mol. The number of nitrogens with zero attached hydrogens (tertiary/aromatic N) is 5. The topological polar surface area (TPSA) is 110 Å². The molecule has 0 spiro atoms. The zero-order chi connectivity index (χ0) is 22.2. The first-order chi connectivity index (χ1) is 14.7. The summed E-state index contributed by atoms with van der Waals surface area (Å²) in [5.41, 5.74) is 2.31. The Morgan fingerprint density at radius 3 is 2.48 bits per heavy atom. The summed E-state index contributed by atoms with van der Waals surface area (Å²) in [5.74, 6) is 0.280. The largest absolute Gasteiger partial charge is 0.325 e. The van der Waals surface area contributed by atoms with E-state index in [4.69, 9.17) is 0 Å². The highest BCUT2D eigenvalue weighted by Gasteiger charge is 2.27. The van der Waals surface area contributed by atoms with Crippen molar-refractivity contribution < 1.29 is 13.2 Å². The van der Waals surface area contributed by atoms with Gasteiger partial charge in [-0.05, 0) is 63.9 Å². The molecule has 4 rings (SSSR count). The summed E-state index contributed by atoms with van der Waals surface area (Å²) in [6.45, 7) is 6.70. The van der Waals surface area contributed by atoms with Crippen LogP contribution in [-0.2, 0) is 14.8 Å². The average Bonchev–Trinajstić information content (AvgIpc) is 3.38. The van der Waals surface area contributed by atoms with E-state index in [-0.39, 0.29) is 10.8 Å². The molecule has 1 atom stereocenters. The quantitative estimate of drug-likeness (QED) is 0.563. The van der Waals surface area contributed by atoms with Crippen LogP contribution in [0.1, 0.15) is 31.2 Å². The Hall–Kier alpha value is -2.50. The number of amides is 1. The minimum absolute atomic E-state index is 0.222. The van der Waals surface area contributed by atoms with Crippen molar-refractivity contribution in [2.45, 2.75) is 48.9 Å². The Morgan fingerprint density at radius 2 is 1.81 bits per heavy atom. The van der Waals surface area contributed by atoms with E-state index in [1.165, 1.54) is 28.2 Å². The molecule has 0 radical (unpaired) electrons. The Bertz CT molecular complexity index is 1220. The number of carbonyl (C=O) groups excluding carboxylic acids is 1. The number of fused-ring (bicyclic) bond motifs is 1. The number of sulfonamides is 1. The molecule has 3 heterocycles. The Morgan fingerprint density at radius 1 is 1.13 bits per heavy atom. The molecular formula is C20H24N6O3S2. The minimum atomic E-state index is -3.47. The summed E-state index contributed by atoms with van der Waals surface area (Å²) in [6.07, 6.45) is 1.78. The van der Waals surface area contributed by atoms with E-state index in [1.54, 1.807) is 23.6 Å². The van der Waals surface area contributed by atoms with E-state index in [0.717, 1.165) is 24.2 Å². The van der Waals surface area contributed by atoms with E-state index >= 15 is 0 Å². The number of aryl methyl sites for hydroxylation is 2. The molecule has 1 amide bonds. The fraction of sp³-hybridized carbons (Fsp3) is 0.400. The third-order valence-corrected chi connectivity index (χ3v) is 7.94. The summed E-state index contributed by atoms with van der Waals surface area (Å²) in [6, 6.07) is 8.19. The second-order valence-corrected chi connectivity index (χ2v) is 10.8. The van der Waals surface area contributed by atoms with Gasteiger partial charge < -0.3 is 5.32 Å². The molecule has 3 aromatic rings. The van der Waals surface area contributed by atoms with Crippen molar-refractivity contribution in [1.82, 2.24) is 23.9 Å². The molecule has 2 aromatic heterocycles. The number of hydrogen-bond acceptors (Lipinski definition) is 7. The molecule has 11 heteroatoms. The lowest BCUT2D eigenvalue weighted by atomic mass is 10.3. The van der Waals surface area contributed by atoms with Crippen molar-refractivity contribution in [3.05, 3.63) is 41.7 Å². The molecule has 1 unspecified atom stereocenters. The second-order valence-electron chi connectivity index (χ2n) is 7.53. The number of benzene rings is 1. The Kier molecular flexibility index (Phi) is 6.00. The maximum Gasteiger partial charge on any atom is 0.253 e. The normalized spacial score (nSPS) is 16.0. The molecule has 164 valence electrons. The van der Waals surface area contributed by atoms with Gasteiger partial charge in [-0.25, -0.2) is 17.9 Å². The van der Waals surface area contributed by atoms with Crippen LogP contribution in [0.2, 0.25) is 0 Å². The smallest absolute Gasteiger partial charge is 0.253 e. The first-order valence-electron chi connectivity index (χ1n) is 10.0. The number of carbonyl (C=O) groups is 1. The molecule has 0 saturated carbocycles. The molecule has 31 heavy (non-hydrogen) atoms. The highest BCUT2D eigenvalue weighted by atomic mass is 32.2. The predicted octanol–water partition coefficient (Wildman–Crippen LogP) is 2.64. The van der Waals surface area contributed by atoms with Gasteiger partial charge in [0.1, 0.15) is 0 Å². The van der Waals surface area contributed by atoms with Gasteiger partial charge in [0.05, 0.1) is 10.1 Å². The van der Waals surface area contributed by atoms with Crippen molar-refractivity contribution in [1.29, 1.82) is 0 Å². The van der Waals surface area contributed by atoms with Crippen LogP contribution in [0.4, 0.5) is 5.69 Å². The fourth-order valence-corrected chi connectivity index (χ4v) is 5.70. The number of hydrogen-bond donors (Lipinski definition) is 1. The first-order valence-corrected chi connectivity index (χ1v) is 12.3. The fourth-order valence-electron chi connectivity index (χ4n) is 3.44. The van der Waals surface area contributed by atoms with Crippen LogP contribution >= 0.6 is 11.8 Å². The van der Waals surface area contributed by atoms with Gasteiger partial charge in [0.15, 0.2) is 0 Å². The molecular weight excluding hydrogens is 436 g/mol. The van der Waals surface area contributed by atoms with E-state index in [0.29, 0.717) is 29.7 Å². The van der Waals surface area contributed by atoms with Crippen LogP contribution in [0.3, 0.4) is 0 Å². The predicted molar refractivity (Wildman–Crippen MR) is 119 cm³/mol. The van der Waals surface area contributed by atoms with E-state index in [1.807, 2.05) is 19.9 Å². The van der Waals surface area contributed by atoms with Crippen molar-refractivity contribution in [3.8, 4) is 0 Å². The van der Waals surface area contributed by atoms with E-state index in [9.17, 15) is 13.2 Å². The van der Waals surface area contributed by atoms with E-state index in [2.05, 4.69) is 20.4 Å². The standard InChI is InChI=1S/C20H24N6O3S2/c1-13-12-14(2)26-19(21-13)23-20(24-26)30-15(3)18(27)22-16-6-8-17(9-7-16)31(28,29)25-10-4-5-11-25/h6-9,12,15H,4-5,10-11H2,1-3H3,(H,22,27). The Balaban J connectivity index is 1.41. The van der Waals surface area contributed by atoms with Gasteiger partial charge in [0.2, 0.25) is 21.1 Å². The molecule has 1 fully saturated rings. The van der Waals surface area contributed by atoms with Gasteiger partial charge in [-0.15, -0.1) is 5.10 Å². The molecule has 1 saturated heterocycles. The van der Waals surface area contributed by atoms with Crippen LogP contribution in [0, 0.1) is 13.8 Å². The van der Waals surface area contributed by atoms with Crippen LogP contribution in [-0.4, -0.2) is 56.6 Å². The minimum Gasteiger partial charge on any atom is -0.325 e. The zero-order valence-corrected chi connectivity index (χ0v) is 19.2. The summed E-state index contributed by atoms with van der Waals surface area (Å²) in [7, 11) is -3.47. The summed E-state index contributed by atoms with van der Waals surface area (Å²) >= 11 is 1.24. The van der Waals surface area contributed by atoms with Crippen LogP contribution in [0.25, 0.3) is 5.78 Å². The third kappa shape index (κ3) is 4.58. The molecule has 1 aliphatic heterocycles. The van der Waals surface area contributed by atoms with Gasteiger partial charge in [-0.3, -0.25) is 4.79 Å². The van der Waals surface area contributed by atoms with Crippen LogP contribution in [0.15, 0.2) is 40.4 Å². The molecule has 9 nitrogen and oxygen atoms in total. The maximum atomic E-state index is 12.6. The van der Waals surface area contributed by atoms with Crippen molar-refractivity contribution >= 4 is 39.2 Å². The molecule has 1 N–H and O–H groups in total. The lowest BCUT2D eigenvalue weighted by Crippen LogP contribution is -2.27. The SMILES string of the molecule is Cc1cc(C)n2nc(SC(C)C(=O)Nc3ccc(S(=O)(=O)N4CCCC4)cc3)nc2n1. The lowest BCUT2D eigenvalue weighted by Gasteiger charge is -2.16.